The molecule has 0 aromatic heterocycles. The first-order valence-electron chi connectivity index (χ1n) is 7.58. The summed E-state index contributed by atoms with van der Waals surface area (Å²) in [4.78, 5) is 14.7. The molecule has 2 rings (SSSR count). The second kappa shape index (κ2) is 6.38. The van der Waals surface area contributed by atoms with Crippen LogP contribution in [0.5, 0.6) is 0 Å². The van der Waals surface area contributed by atoms with Crippen LogP contribution in [-0.4, -0.2) is 50.7 Å². The Kier molecular flexibility index (Phi) is 4.92. The van der Waals surface area contributed by atoms with E-state index < -0.39 is 10.0 Å². The van der Waals surface area contributed by atoms with Gasteiger partial charge in [0, 0.05) is 32.7 Å². The van der Waals surface area contributed by atoms with Crippen LogP contribution < -0.4 is 0 Å². The zero-order valence-corrected chi connectivity index (χ0v) is 14.5. The van der Waals surface area contributed by atoms with Gasteiger partial charge in [0.15, 0.2) is 0 Å². The molecule has 122 valence electrons. The van der Waals surface area contributed by atoms with Crippen LogP contribution >= 0.6 is 0 Å². The zero-order valence-electron chi connectivity index (χ0n) is 13.7. The van der Waals surface area contributed by atoms with Crippen LogP contribution in [0.2, 0.25) is 0 Å². The van der Waals surface area contributed by atoms with E-state index in [-0.39, 0.29) is 10.8 Å². The summed E-state index contributed by atoms with van der Waals surface area (Å²) in [6, 6.07) is 3.32. The molecule has 0 bridgehead atoms. The molecular weight excluding hydrogens is 300 g/mol. The lowest BCUT2D eigenvalue weighted by atomic mass is 10.0. The van der Waals surface area contributed by atoms with Crippen molar-refractivity contribution in [3.63, 3.8) is 0 Å². The molecule has 0 spiro atoms. The number of rotatable bonds is 3. The third kappa shape index (κ3) is 3.17. The van der Waals surface area contributed by atoms with E-state index in [0.717, 1.165) is 37.9 Å². The minimum atomic E-state index is -3.55. The summed E-state index contributed by atoms with van der Waals surface area (Å²) in [6.07, 6.45) is 3.18. The molecule has 1 fully saturated rings. The Morgan fingerprint density at radius 2 is 1.68 bits per heavy atom. The lowest BCUT2D eigenvalue weighted by molar-refractivity contribution is 0.0724. The van der Waals surface area contributed by atoms with E-state index in [0.29, 0.717) is 11.1 Å². The van der Waals surface area contributed by atoms with Crippen LogP contribution in [0, 0.1) is 13.8 Å². The Hall–Kier alpha value is -1.40. The predicted octanol–water partition coefficient (Wildman–Crippen LogP) is 2.18. The van der Waals surface area contributed by atoms with E-state index in [1.165, 1.54) is 24.5 Å². The van der Waals surface area contributed by atoms with Gasteiger partial charge in [0.2, 0.25) is 10.0 Å². The Morgan fingerprint density at radius 1 is 1.09 bits per heavy atom. The number of hydrogen-bond acceptors (Lipinski definition) is 3. The van der Waals surface area contributed by atoms with Crippen LogP contribution in [-0.2, 0) is 10.0 Å². The topological polar surface area (TPSA) is 57.7 Å². The van der Waals surface area contributed by atoms with Crippen molar-refractivity contribution in [3.05, 3.63) is 28.8 Å². The molecule has 0 saturated carbocycles. The molecule has 5 nitrogen and oxygen atoms in total. The van der Waals surface area contributed by atoms with Crippen molar-refractivity contribution in [2.75, 3.05) is 27.2 Å². The average molecular weight is 324 g/mol. The number of benzene rings is 1. The number of piperidine rings is 1. The molecule has 1 aromatic carbocycles. The lowest BCUT2D eigenvalue weighted by Crippen LogP contribution is -2.35. The van der Waals surface area contributed by atoms with Gasteiger partial charge in [-0.05, 0) is 56.4 Å². The van der Waals surface area contributed by atoms with Crippen molar-refractivity contribution >= 4 is 15.9 Å². The van der Waals surface area contributed by atoms with E-state index in [2.05, 4.69) is 0 Å². The van der Waals surface area contributed by atoms with Crippen LogP contribution in [0.15, 0.2) is 17.0 Å². The molecule has 0 unspecified atom stereocenters. The van der Waals surface area contributed by atoms with Crippen molar-refractivity contribution in [1.82, 2.24) is 9.21 Å². The molecule has 1 amide bonds. The largest absolute Gasteiger partial charge is 0.339 e. The van der Waals surface area contributed by atoms with Crippen LogP contribution in [0.25, 0.3) is 0 Å². The summed E-state index contributed by atoms with van der Waals surface area (Å²) < 4.78 is 26.1. The summed E-state index contributed by atoms with van der Waals surface area (Å²) in [6.45, 7) is 5.13. The SMILES string of the molecule is Cc1cc(C(=O)N2CCCCC2)cc(S(=O)(=O)N(C)C)c1C. The molecule has 0 aliphatic carbocycles. The van der Waals surface area contributed by atoms with E-state index in [1.54, 1.807) is 13.0 Å². The monoisotopic (exact) mass is 324 g/mol. The van der Waals surface area contributed by atoms with E-state index in [4.69, 9.17) is 0 Å². The maximum absolute atomic E-state index is 12.6. The highest BCUT2D eigenvalue weighted by molar-refractivity contribution is 7.89. The lowest BCUT2D eigenvalue weighted by Gasteiger charge is -2.27. The molecule has 22 heavy (non-hydrogen) atoms. The van der Waals surface area contributed by atoms with Gasteiger partial charge in [0.1, 0.15) is 0 Å². The molecule has 0 N–H and O–H groups in total. The Labute approximate surface area is 133 Å². The van der Waals surface area contributed by atoms with Gasteiger partial charge in [-0.1, -0.05) is 0 Å². The van der Waals surface area contributed by atoms with Gasteiger partial charge < -0.3 is 4.90 Å². The van der Waals surface area contributed by atoms with E-state index >= 15 is 0 Å². The van der Waals surface area contributed by atoms with Crippen molar-refractivity contribution in [3.8, 4) is 0 Å². The summed E-state index contributed by atoms with van der Waals surface area (Å²) in [5.74, 6) is -0.0713. The quantitative estimate of drug-likeness (QED) is 0.856. The maximum Gasteiger partial charge on any atom is 0.253 e. The highest BCUT2D eigenvalue weighted by Crippen LogP contribution is 2.24. The van der Waals surface area contributed by atoms with Crippen LogP contribution in [0.3, 0.4) is 0 Å². The minimum Gasteiger partial charge on any atom is -0.339 e. The highest BCUT2D eigenvalue weighted by atomic mass is 32.2. The fourth-order valence-electron chi connectivity index (χ4n) is 2.69. The van der Waals surface area contributed by atoms with Crippen LogP contribution in [0.1, 0.15) is 40.7 Å². The fraction of sp³-hybridized carbons (Fsp3) is 0.562. The number of amides is 1. The number of sulfonamides is 1. The van der Waals surface area contributed by atoms with E-state index in [9.17, 15) is 13.2 Å². The normalized spacial score (nSPS) is 16.1. The van der Waals surface area contributed by atoms with Gasteiger partial charge in [-0.3, -0.25) is 4.79 Å². The van der Waals surface area contributed by atoms with Crippen LogP contribution in [0.4, 0.5) is 0 Å². The molecule has 1 aliphatic heterocycles. The number of hydrogen-bond donors (Lipinski definition) is 0. The average Bonchev–Trinajstić information content (AvgIpc) is 2.49. The standard InChI is InChI=1S/C16H24N2O3S/c1-12-10-14(16(19)18-8-6-5-7-9-18)11-15(13(12)2)22(20,21)17(3)4/h10-11H,5-9H2,1-4H3. The summed E-state index contributed by atoms with van der Waals surface area (Å²) in [5, 5.41) is 0. The maximum atomic E-state index is 12.6. The Morgan fingerprint density at radius 3 is 2.23 bits per heavy atom. The summed E-state index contributed by atoms with van der Waals surface area (Å²) >= 11 is 0. The van der Waals surface area contributed by atoms with E-state index in [1.807, 2.05) is 11.8 Å². The zero-order chi connectivity index (χ0) is 16.5. The molecule has 1 aromatic rings. The first-order chi connectivity index (χ1) is 10.2. The van der Waals surface area contributed by atoms with Crippen molar-refractivity contribution in [2.24, 2.45) is 0 Å². The first kappa shape index (κ1) is 17.0. The molecule has 1 aliphatic rings. The summed E-state index contributed by atoms with van der Waals surface area (Å²) in [7, 11) is -0.548. The third-order valence-electron chi connectivity index (χ3n) is 4.27. The number of nitrogens with zero attached hydrogens (tertiary/aromatic N) is 2. The number of carbonyl (C=O) groups is 1. The van der Waals surface area contributed by atoms with Crippen molar-refractivity contribution in [1.29, 1.82) is 0 Å². The third-order valence-corrected chi connectivity index (χ3v) is 6.21. The molecule has 6 heteroatoms. The number of carbonyl (C=O) groups excluding carboxylic acids is 1. The Bertz CT molecular complexity index is 675. The second-order valence-electron chi connectivity index (χ2n) is 6.06. The highest BCUT2D eigenvalue weighted by Gasteiger charge is 2.25. The van der Waals surface area contributed by atoms with Gasteiger partial charge in [-0.2, -0.15) is 0 Å². The molecule has 1 heterocycles. The smallest absolute Gasteiger partial charge is 0.253 e. The fourth-order valence-corrected chi connectivity index (χ4v) is 3.91. The van der Waals surface area contributed by atoms with Gasteiger partial charge in [0.05, 0.1) is 4.90 Å². The molecule has 0 atom stereocenters. The molecule has 1 saturated heterocycles. The number of aryl methyl sites for hydroxylation is 1. The van der Waals surface area contributed by atoms with Gasteiger partial charge in [-0.15, -0.1) is 0 Å². The Balaban J connectivity index is 2.46. The summed E-state index contributed by atoms with van der Waals surface area (Å²) in [5.41, 5.74) is 1.98. The number of likely N-dealkylation sites (tertiary alicyclic amines) is 1. The predicted molar refractivity (Wildman–Crippen MR) is 86.5 cm³/mol. The van der Waals surface area contributed by atoms with Crippen molar-refractivity contribution in [2.45, 2.75) is 38.0 Å². The second-order valence-corrected chi connectivity index (χ2v) is 8.18. The van der Waals surface area contributed by atoms with Gasteiger partial charge in [-0.25, -0.2) is 12.7 Å². The van der Waals surface area contributed by atoms with Gasteiger partial charge >= 0.3 is 0 Å². The molecule has 0 radical (unpaired) electrons. The van der Waals surface area contributed by atoms with Crippen molar-refractivity contribution < 1.29 is 13.2 Å². The molecular formula is C16H24N2O3S. The van der Waals surface area contributed by atoms with Gasteiger partial charge in [0.25, 0.3) is 5.91 Å². The minimum absolute atomic E-state index is 0.0713. The first-order valence-corrected chi connectivity index (χ1v) is 9.02.